The van der Waals surface area contributed by atoms with E-state index in [0.29, 0.717) is 24.0 Å². The lowest BCUT2D eigenvalue weighted by atomic mass is 10.00. The van der Waals surface area contributed by atoms with Gasteiger partial charge in [0.25, 0.3) is 0 Å². The first-order valence-electron chi connectivity index (χ1n) is 7.68. The lowest BCUT2D eigenvalue weighted by Gasteiger charge is -2.12. The molecule has 25 heavy (non-hydrogen) atoms. The van der Waals surface area contributed by atoms with Crippen molar-refractivity contribution in [2.75, 3.05) is 26.1 Å². The highest BCUT2D eigenvalue weighted by molar-refractivity contribution is 14.0. The van der Waals surface area contributed by atoms with Gasteiger partial charge < -0.3 is 25.0 Å². The average Bonchev–Trinajstić information content (AvgIpc) is 2.91. The number of hydrogen-bond donors (Lipinski definition) is 2. The highest BCUT2D eigenvalue weighted by Crippen LogP contribution is 2.29. The number of benzene rings is 1. The summed E-state index contributed by atoms with van der Waals surface area (Å²) in [4.78, 5) is 4.40. The zero-order valence-corrected chi connectivity index (χ0v) is 17.5. The maximum atomic E-state index is 5.97. The van der Waals surface area contributed by atoms with Crippen LogP contribution >= 0.6 is 24.0 Å². The zero-order valence-electron chi connectivity index (χ0n) is 15.1. The number of rotatable bonds is 6. The molecule has 138 valence electrons. The molecule has 0 amide bonds. The number of methoxy groups -OCH3 is 2. The SMILES string of the molecule is COc1ccc(NC(N)=NCC(C)c2c(C)noc2C)cc1OC.I. The van der Waals surface area contributed by atoms with Crippen LogP contribution in [-0.2, 0) is 0 Å². The number of nitrogens with zero attached hydrogens (tertiary/aromatic N) is 2. The summed E-state index contributed by atoms with van der Waals surface area (Å²) in [6.45, 7) is 6.44. The molecule has 0 bridgehead atoms. The number of nitrogens with one attached hydrogen (secondary N) is 1. The topological polar surface area (TPSA) is 94.9 Å². The third kappa shape index (κ3) is 5.25. The fourth-order valence-corrected chi connectivity index (χ4v) is 2.62. The Morgan fingerprint density at radius 1 is 1.28 bits per heavy atom. The molecule has 0 aliphatic heterocycles. The molecular formula is C17H25IN4O3. The van der Waals surface area contributed by atoms with Crippen molar-refractivity contribution in [3.8, 4) is 11.5 Å². The number of nitrogens with two attached hydrogens (primary N) is 1. The van der Waals surface area contributed by atoms with E-state index in [1.165, 1.54) is 0 Å². The first kappa shape index (κ1) is 21.1. The highest BCUT2D eigenvalue weighted by atomic mass is 127. The van der Waals surface area contributed by atoms with E-state index < -0.39 is 0 Å². The maximum absolute atomic E-state index is 5.97. The van der Waals surface area contributed by atoms with Crippen LogP contribution in [0.1, 0.15) is 29.9 Å². The average molecular weight is 460 g/mol. The fourth-order valence-electron chi connectivity index (χ4n) is 2.62. The molecule has 7 nitrogen and oxygen atoms in total. The third-order valence-electron chi connectivity index (χ3n) is 3.77. The fraction of sp³-hybridized carbons (Fsp3) is 0.412. The number of halogens is 1. The molecule has 1 heterocycles. The molecule has 0 aliphatic carbocycles. The molecule has 0 saturated carbocycles. The van der Waals surface area contributed by atoms with Crippen molar-refractivity contribution in [1.82, 2.24) is 5.16 Å². The van der Waals surface area contributed by atoms with Crippen molar-refractivity contribution in [2.45, 2.75) is 26.7 Å². The van der Waals surface area contributed by atoms with Crippen LogP contribution in [-0.4, -0.2) is 31.9 Å². The van der Waals surface area contributed by atoms with E-state index in [4.69, 9.17) is 19.7 Å². The third-order valence-corrected chi connectivity index (χ3v) is 3.77. The van der Waals surface area contributed by atoms with Gasteiger partial charge in [-0.1, -0.05) is 12.1 Å². The van der Waals surface area contributed by atoms with Gasteiger partial charge in [0.05, 0.1) is 19.9 Å². The van der Waals surface area contributed by atoms with Crippen LogP contribution in [0.25, 0.3) is 0 Å². The first-order valence-corrected chi connectivity index (χ1v) is 7.68. The van der Waals surface area contributed by atoms with Crippen LogP contribution in [0.4, 0.5) is 5.69 Å². The van der Waals surface area contributed by atoms with Crippen LogP contribution in [0, 0.1) is 13.8 Å². The first-order chi connectivity index (χ1) is 11.5. The molecule has 0 saturated heterocycles. The smallest absolute Gasteiger partial charge is 0.193 e. The van der Waals surface area contributed by atoms with E-state index >= 15 is 0 Å². The standard InChI is InChI=1S/C17H24N4O3.HI/c1-10(16-11(2)21-24-12(16)3)9-19-17(18)20-13-6-7-14(22-4)15(8-13)23-5;/h6-8,10H,9H2,1-5H3,(H3,18,19,20);1H. The summed E-state index contributed by atoms with van der Waals surface area (Å²) in [7, 11) is 3.18. The molecule has 8 heteroatoms. The summed E-state index contributed by atoms with van der Waals surface area (Å²) in [5.74, 6) is 2.61. The van der Waals surface area contributed by atoms with Gasteiger partial charge in [-0.3, -0.25) is 4.99 Å². The van der Waals surface area contributed by atoms with E-state index in [9.17, 15) is 0 Å². The number of aryl methyl sites for hydroxylation is 2. The molecule has 3 N–H and O–H groups in total. The number of aliphatic imine (C=N–C) groups is 1. The van der Waals surface area contributed by atoms with Crippen LogP contribution in [0.3, 0.4) is 0 Å². The van der Waals surface area contributed by atoms with Crippen molar-refractivity contribution >= 4 is 35.6 Å². The minimum absolute atomic E-state index is 0. The molecule has 1 unspecified atom stereocenters. The van der Waals surface area contributed by atoms with Gasteiger partial charge in [0.1, 0.15) is 5.76 Å². The van der Waals surface area contributed by atoms with Crippen LogP contribution in [0.15, 0.2) is 27.7 Å². The van der Waals surface area contributed by atoms with E-state index in [2.05, 4.69) is 22.4 Å². The molecule has 0 aliphatic rings. The van der Waals surface area contributed by atoms with Crippen molar-refractivity contribution < 1.29 is 14.0 Å². The molecule has 0 fully saturated rings. The van der Waals surface area contributed by atoms with Gasteiger partial charge in [0, 0.05) is 29.8 Å². The Balaban J connectivity index is 0.00000312. The van der Waals surface area contributed by atoms with Gasteiger partial charge in [0.2, 0.25) is 0 Å². The number of aromatic nitrogens is 1. The maximum Gasteiger partial charge on any atom is 0.193 e. The number of hydrogen-bond acceptors (Lipinski definition) is 5. The quantitative estimate of drug-likeness (QED) is 0.390. The number of anilines is 1. The van der Waals surface area contributed by atoms with Gasteiger partial charge >= 0.3 is 0 Å². The van der Waals surface area contributed by atoms with E-state index in [0.717, 1.165) is 22.7 Å². The summed E-state index contributed by atoms with van der Waals surface area (Å²) in [5, 5.41) is 7.02. The zero-order chi connectivity index (χ0) is 17.7. The highest BCUT2D eigenvalue weighted by Gasteiger charge is 2.16. The van der Waals surface area contributed by atoms with Crippen molar-refractivity contribution in [2.24, 2.45) is 10.7 Å². The number of ether oxygens (including phenoxy) is 2. The van der Waals surface area contributed by atoms with E-state index in [1.54, 1.807) is 26.4 Å². The second kappa shape index (κ2) is 9.50. The molecule has 1 aromatic carbocycles. The van der Waals surface area contributed by atoms with Gasteiger partial charge in [-0.2, -0.15) is 0 Å². The normalized spacial score (nSPS) is 12.3. The monoisotopic (exact) mass is 460 g/mol. The second-order valence-corrected chi connectivity index (χ2v) is 5.56. The minimum atomic E-state index is 0. The summed E-state index contributed by atoms with van der Waals surface area (Å²) in [5.41, 5.74) is 8.72. The summed E-state index contributed by atoms with van der Waals surface area (Å²) >= 11 is 0. The second-order valence-electron chi connectivity index (χ2n) is 5.56. The Labute approximate surface area is 165 Å². The Kier molecular flexibility index (Phi) is 8.01. The predicted molar refractivity (Wildman–Crippen MR) is 109 cm³/mol. The van der Waals surface area contributed by atoms with Crippen molar-refractivity contribution in [3.05, 3.63) is 35.2 Å². The number of guanidine groups is 1. The summed E-state index contributed by atoms with van der Waals surface area (Å²) in [6.07, 6.45) is 0. The summed E-state index contributed by atoms with van der Waals surface area (Å²) < 4.78 is 15.7. The van der Waals surface area contributed by atoms with Crippen LogP contribution in [0.2, 0.25) is 0 Å². The molecule has 0 spiro atoms. The molecular weight excluding hydrogens is 435 g/mol. The van der Waals surface area contributed by atoms with Gasteiger partial charge in [-0.25, -0.2) is 0 Å². The molecule has 2 rings (SSSR count). The van der Waals surface area contributed by atoms with Crippen molar-refractivity contribution in [1.29, 1.82) is 0 Å². The molecule has 0 radical (unpaired) electrons. The van der Waals surface area contributed by atoms with E-state index in [1.807, 2.05) is 19.9 Å². The molecule has 1 aromatic heterocycles. The van der Waals surface area contributed by atoms with Gasteiger partial charge in [-0.05, 0) is 26.0 Å². The minimum Gasteiger partial charge on any atom is -0.493 e. The Bertz CT molecular complexity index is 711. The Hall–Kier alpha value is -1.97. The van der Waals surface area contributed by atoms with Gasteiger partial charge in [0.15, 0.2) is 17.5 Å². The Morgan fingerprint density at radius 2 is 1.96 bits per heavy atom. The lowest BCUT2D eigenvalue weighted by molar-refractivity contribution is 0.355. The summed E-state index contributed by atoms with van der Waals surface area (Å²) in [6, 6.07) is 5.46. The predicted octanol–water partition coefficient (Wildman–Crippen LogP) is 3.46. The molecule has 2 aromatic rings. The van der Waals surface area contributed by atoms with Crippen molar-refractivity contribution in [3.63, 3.8) is 0 Å². The lowest BCUT2D eigenvalue weighted by Crippen LogP contribution is -2.23. The Morgan fingerprint density at radius 3 is 2.52 bits per heavy atom. The van der Waals surface area contributed by atoms with Crippen LogP contribution in [0.5, 0.6) is 11.5 Å². The molecule has 1 atom stereocenters. The van der Waals surface area contributed by atoms with Crippen LogP contribution < -0.4 is 20.5 Å². The van der Waals surface area contributed by atoms with Gasteiger partial charge in [-0.15, -0.1) is 24.0 Å². The largest absolute Gasteiger partial charge is 0.493 e. The van der Waals surface area contributed by atoms with E-state index in [-0.39, 0.29) is 29.9 Å².